The van der Waals surface area contributed by atoms with E-state index in [0.717, 1.165) is 17.7 Å². The van der Waals surface area contributed by atoms with Gasteiger partial charge in [0.15, 0.2) is 0 Å². The van der Waals surface area contributed by atoms with Crippen LogP contribution >= 0.6 is 0 Å². The zero-order chi connectivity index (χ0) is 13.0. The highest BCUT2D eigenvalue weighted by Gasteiger charge is 2.18. The molecule has 0 unspecified atom stereocenters. The standard InChI is InChI=1S/C14H16N2O2/c1-2-3-4-7-15-14(18)10-5-6-12-11(8-10)9-13(17)16-12/h2-3,5-6,8H,4,7,9H2,1H3,(H,15,18)(H,16,17)/b3-2+. The molecule has 2 rings (SSSR count). The van der Waals surface area contributed by atoms with Crippen LogP contribution in [0.3, 0.4) is 0 Å². The lowest BCUT2D eigenvalue weighted by Crippen LogP contribution is -2.24. The zero-order valence-electron chi connectivity index (χ0n) is 10.3. The number of hydrogen-bond acceptors (Lipinski definition) is 2. The molecule has 2 N–H and O–H groups in total. The van der Waals surface area contributed by atoms with Gasteiger partial charge >= 0.3 is 0 Å². The lowest BCUT2D eigenvalue weighted by molar-refractivity contribution is -0.115. The molecule has 4 heteroatoms. The normalized spacial score (nSPS) is 13.5. The minimum atomic E-state index is -0.0957. The molecular weight excluding hydrogens is 228 g/mol. The third-order valence-electron chi connectivity index (χ3n) is 2.82. The smallest absolute Gasteiger partial charge is 0.251 e. The van der Waals surface area contributed by atoms with E-state index in [0.29, 0.717) is 18.5 Å². The Bertz CT molecular complexity index is 507. The Morgan fingerprint density at radius 3 is 3.11 bits per heavy atom. The van der Waals surface area contributed by atoms with Crippen LogP contribution in [0.4, 0.5) is 5.69 Å². The number of fused-ring (bicyclic) bond motifs is 1. The molecule has 2 amide bonds. The van der Waals surface area contributed by atoms with Crippen molar-refractivity contribution in [3.05, 3.63) is 41.5 Å². The molecule has 1 heterocycles. The monoisotopic (exact) mass is 244 g/mol. The second-order valence-electron chi connectivity index (χ2n) is 4.21. The molecule has 0 radical (unpaired) electrons. The first kappa shape index (κ1) is 12.4. The van der Waals surface area contributed by atoms with Gasteiger partial charge in [0.2, 0.25) is 5.91 Å². The number of nitrogens with one attached hydrogen (secondary N) is 2. The van der Waals surface area contributed by atoms with Crippen molar-refractivity contribution in [2.45, 2.75) is 19.8 Å². The highest BCUT2D eigenvalue weighted by molar-refractivity contribution is 6.01. The maximum Gasteiger partial charge on any atom is 0.251 e. The molecule has 0 spiro atoms. The van der Waals surface area contributed by atoms with Gasteiger partial charge in [-0.2, -0.15) is 0 Å². The average molecular weight is 244 g/mol. The lowest BCUT2D eigenvalue weighted by Gasteiger charge is -2.05. The van der Waals surface area contributed by atoms with Crippen molar-refractivity contribution < 1.29 is 9.59 Å². The van der Waals surface area contributed by atoms with Gasteiger partial charge in [0, 0.05) is 17.8 Å². The van der Waals surface area contributed by atoms with E-state index in [9.17, 15) is 9.59 Å². The van der Waals surface area contributed by atoms with Gasteiger partial charge in [-0.15, -0.1) is 0 Å². The van der Waals surface area contributed by atoms with Gasteiger partial charge < -0.3 is 10.6 Å². The molecule has 4 nitrogen and oxygen atoms in total. The fourth-order valence-corrected chi connectivity index (χ4v) is 1.91. The number of benzene rings is 1. The Morgan fingerprint density at radius 1 is 1.50 bits per heavy atom. The summed E-state index contributed by atoms with van der Waals surface area (Å²) in [7, 11) is 0. The van der Waals surface area contributed by atoms with Crippen molar-refractivity contribution >= 4 is 17.5 Å². The van der Waals surface area contributed by atoms with E-state index in [1.807, 2.05) is 19.1 Å². The summed E-state index contributed by atoms with van der Waals surface area (Å²) in [6.45, 7) is 2.57. The van der Waals surface area contributed by atoms with E-state index in [1.54, 1.807) is 18.2 Å². The Morgan fingerprint density at radius 2 is 2.33 bits per heavy atom. The summed E-state index contributed by atoms with van der Waals surface area (Å²) in [5, 5.41) is 5.58. The van der Waals surface area contributed by atoms with Crippen LogP contribution in [-0.4, -0.2) is 18.4 Å². The van der Waals surface area contributed by atoms with E-state index in [4.69, 9.17) is 0 Å². The van der Waals surface area contributed by atoms with Crippen LogP contribution < -0.4 is 10.6 Å². The highest BCUT2D eigenvalue weighted by Crippen LogP contribution is 2.23. The van der Waals surface area contributed by atoms with E-state index in [2.05, 4.69) is 10.6 Å². The van der Waals surface area contributed by atoms with Gasteiger partial charge in [-0.05, 0) is 37.1 Å². The number of hydrogen-bond donors (Lipinski definition) is 2. The summed E-state index contributed by atoms with van der Waals surface area (Å²) in [5.41, 5.74) is 2.30. The molecular formula is C14H16N2O2. The first-order valence-electron chi connectivity index (χ1n) is 6.03. The van der Waals surface area contributed by atoms with Gasteiger partial charge in [-0.25, -0.2) is 0 Å². The van der Waals surface area contributed by atoms with E-state index >= 15 is 0 Å². The molecule has 1 aliphatic heterocycles. The zero-order valence-corrected chi connectivity index (χ0v) is 10.3. The van der Waals surface area contributed by atoms with Crippen molar-refractivity contribution in [1.82, 2.24) is 5.32 Å². The highest BCUT2D eigenvalue weighted by atomic mass is 16.2. The second kappa shape index (κ2) is 5.49. The van der Waals surface area contributed by atoms with Crippen molar-refractivity contribution in [2.75, 3.05) is 11.9 Å². The minimum absolute atomic E-state index is 0.0179. The molecule has 18 heavy (non-hydrogen) atoms. The van der Waals surface area contributed by atoms with Crippen molar-refractivity contribution in [1.29, 1.82) is 0 Å². The number of carbonyl (C=O) groups excluding carboxylic acids is 2. The maximum absolute atomic E-state index is 11.8. The first-order chi connectivity index (χ1) is 8.70. The summed E-state index contributed by atoms with van der Waals surface area (Å²) in [5.74, 6) is -0.114. The fraction of sp³-hybridized carbons (Fsp3) is 0.286. The molecule has 0 fully saturated rings. The molecule has 0 saturated heterocycles. The van der Waals surface area contributed by atoms with E-state index in [-0.39, 0.29) is 11.8 Å². The summed E-state index contributed by atoms with van der Waals surface area (Å²) >= 11 is 0. The fourth-order valence-electron chi connectivity index (χ4n) is 1.91. The summed E-state index contributed by atoms with van der Waals surface area (Å²) in [6, 6.07) is 5.29. The van der Waals surface area contributed by atoms with Crippen LogP contribution in [0.25, 0.3) is 0 Å². The first-order valence-corrected chi connectivity index (χ1v) is 6.03. The predicted molar refractivity (Wildman–Crippen MR) is 70.5 cm³/mol. The Hall–Kier alpha value is -2.10. The minimum Gasteiger partial charge on any atom is -0.352 e. The molecule has 0 saturated carbocycles. The lowest BCUT2D eigenvalue weighted by atomic mass is 10.1. The topological polar surface area (TPSA) is 58.2 Å². The predicted octanol–water partition coefficient (Wildman–Crippen LogP) is 1.88. The Balaban J connectivity index is 1.99. The molecule has 0 atom stereocenters. The van der Waals surface area contributed by atoms with Gasteiger partial charge in [0.1, 0.15) is 0 Å². The average Bonchev–Trinajstić information content (AvgIpc) is 2.73. The second-order valence-corrected chi connectivity index (χ2v) is 4.21. The van der Waals surface area contributed by atoms with Crippen LogP contribution in [0.2, 0.25) is 0 Å². The van der Waals surface area contributed by atoms with Gasteiger partial charge in [0.05, 0.1) is 6.42 Å². The van der Waals surface area contributed by atoms with Crippen molar-refractivity contribution in [2.24, 2.45) is 0 Å². The maximum atomic E-state index is 11.8. The quantitative estimate of drug-likeness (QED) is 0.627. The van der Waals surface area contributed by atoms with Crippen LogP contribution in [-0.2, 0) is 11.2 Å². The number of allylic oxidation sites excluding steroid dienone is 1. The molecule has 0 aliphatic carbocycles. The molecule has 94 valence electrons. The van der Waals surface area contributed by atoms with Gasteiger partial charge in [-0.1, -0.05) is 12.2 Å². The molecule has 1 aromatic rings. The number of amides is 2. The van der Waals surface area contributed by atoms with Crippen molar-refractivity contribution in [3.63, 3.8) is 0 Å². The number of anilines is 1. The summed E-state index contributed by atoms with van der Waals surface area (Å²) < 4.78 is 0. The van der Waals surface area contributed by atoms with E-state index < -0.39 is 0 Å². The largest absolute Gasteiger partial charge is 0.352 e. The Kier molecular flexibility index (Phi) is 3.77. The summed E-state index contributed by atoms with van der Waals surface area (Å²) in [6.07, 6.45) is 5.15. The van der Waals surface area contributed by atoms with E-state index in [1.165, 1.54) is 0 Å². The molecule has 0 bridgehead atoms. The third-order valence-corrected chi connectivity index (χ3v) is 2.82. The SMILES string of the molecule is C/C=C/CCNC(=O)c1ccc2c(c1)CC(=O)N2. The summed E-state index contributed by atoms with van der Waals surface area (Å²) in [4.78, 5) is 23.1. The van der Waals surface area contributed by atoms with Gasteiger partial charge in [0.25, 0.3) is 5.91 Å². The molecule has 1 aromatic carbocycles. The van der Waals surface area contributed by atoms with Crippen LogP contribution in [0.1, 0.15) is 29.3 Å². The van der Waals surface area contributed by atoms with Crippen LogP contribution in [0.5, 0.6) is 0 Å². The molecule has 0 aromatic heterocycles. The molecule has 1 aliphatic rings. The number of rotatable bonds is 4. The number of carbonyl (C=O) groups is 2. The third kappa shape index (κ3) is 2.77. The van der Waals surface area contributed by atoms with Crippen LogP contribution in [0.15, 0.2) is 30.4 Å². The van der Waals surface area contributed by atoms with Crippen molar-refractivity contribution in [3.8, 4) is 0 Å². The Labute approximate surface area is 106 Å². The van der Waals surface area contributed by atoms with Gasteiger partial charge in [-0.3, -0.25) is 9.59 Å². The van der Waals surface area contributed by atoms with Crippen LogP contribution in [0, 0.1) is 0 Å².